The molecule has 4 rings (SSSR count). The lowest BCUT2D eigenvalue weighted by atomic mass is 10.1. The number of thiophene rings is 1. The van der Waals surface area contributed by atoms with Crippen LogP contribution in [0.2, 0.25) is 5.02 Å². The Bertz CT molecular complexity index is 1190. The van der Waals surface area contributed by atoms with Gasteiger partial charge >= 0.3 is 6.18 Å². The summed E-state index contributed by atoms with van der Waals surface area (Å²) < 4.78 is 66.7. The van der Waals surface area contributed by atoms with E-state index in [1.54, 1.807) is 12.3 Å². The Morgan fingerprint density at radius 3 is 2.55 bits per heavy atom. The number of nitrogens with zero attached hydrogens (tertiary/aromatic N) is 2. The van der Waals surface area contributed by atoms with Gasteiger partial charge in [-0.1, -0.05) is 11.6 Å². The Hall–Kier alpha value is -1.59. The van der Waals surface area contributed by atoms with Crippen molar-refractivity contribution in [1.82, 2.24) is 10.3 Å². The number of alkyl halides is 3. The van der Waals surface area contributed by atoms with Crippen LogP contribution in [0.15, 0.2) is 40.7 Å². The normalized spacial score (nSPS) is 15.2. The van der Waals surface area contributed by atoms with E-state index in [4.69, 9.17) is 11.6 Å². The second-order valence-electron chi connectivity index (χ2n) is 6.91. The van der Waals surface area contributed by atoms with E-state index >= 15 is 0 Å². The molecule has 31 heavy (non-hydrogen) atoms. The third-order valence-corrected chi connectivity index (χ3v) is 8.41. The summed E-state index contributed by atoms with van der Waals surface area (Å²) in [5, 5.41) is 3.98. The number of fused-ring (bicyclic) bond motifs is 1. The van der Waals surface area contributed by atoms with Crippen LogP contribution in [0.5, 0.6) is 0 Å². The smallest absolute Gasteiger partial charge is 0.354 e. The Morgan fingerprint density at radius 2 is 1.87 bits per heavy atom. The predicted molar refractivity (Wildman–Crippen MR) is 119 cm³/mol. The van der Waals surface area contributed by atoms with E-state index in [-0.39, 0.29) is 27.2 Å². The van der Waals surface area contributed by atoms with Crippen molar-refractivity contribution in [2.45, 2.75) is 16.1 Å². The van der Waals surface area contributed by atoms with Crippen LogP contribution in [0.1, 0.15) is 11.1 Å². The number of sulfone groups is 1. The molecule has 1 aliphatic heterocycles. The number of hydrogen-bond acceptors (Lipinski definition) is 6. The van der Waals surface area contributed by atoms with Gasteiger partial charge in [-0.05, 0) is 35.9 Å². The maximum absolute atomic E-state index is 13.3. The molecule has 5 nitrogen and oxygen atoms in total. The highest BCUT2D eigenvalue weighted by Gasteiger charge is 2.35. The van der Waals surface area contributed by atoms with Crippen molar-refractivity contribution >= 4 is 61.1 Å². The van der Waals surface area contributed by atoms with E-state index in [1.807, 2.05) is 0 Å². The molecule has 1 aliphatic rings. The highest BCUT2D eigenvalue weighted by Crippen LogP contribution is 2.38. The van der Waals surface area contributed by atoms with Crippen molar-refractivity contribution in [3.63, 3.8) is 0 Å². The molecule has 12 heteroatoms. The minimum atomic E-state index is -4.67. The van der Waals surface area contributed by atoms with Gasteiger partial charge in [0.05, 0.1) is 11.3 Å². The van der Waals surface area contributed by atoms with Gasteiger partial charge in [0.1, 0.15) is 10.0 Å². The second-order valence-corrected chi connectivity index (χ2v) is 10.6. The van der Waals surface area contributed by atoms with E-state index in [0.29, 0.717) is 11.2 Å². The zero-order chi connectivity index (χ0) is 21.5. The van der Waals surface area contributed by atoms with E-state index in [0.717, 1.165) is 60.4 Å². The summed E-state index contributed by atoms with van der Waals surface area (Å²) in [6, 6.07) is 6.20. The van der Waals surface area contributed by atoms with Crippen LogP contribution < -0.4 is 10.2 Å². The van der Waals surface area contributed by atoms with Crippen LogP contribution >= 0.6 is 35.3 Å². The molecule has 168 valence electrons. The van der Waals surface area contributed by atoms with Crippen molar-refractivity contribution in [2.24, 2.45) is 0 Å². The molecule has 3 heterocycles. The summed E-state index contributed by atoms with van der Waals surface area (Å²) in [6.07, 6.45) is -3.06. The topological polar surface area (TPSA) is 62.3 Å². The first kappa shape index (κ1) is 24.1. The predicted octanol–water partition coefficient (Wildman–Crippen LogP) is 4.77. The van der Waals surface area contributed by atoms with Gasteiger partial charge in [-0.15, -0.1) is 23.7 Å². The lowest BCUT2D eigenvalue weighted by Gasteiger charge is -2.28. The molecule has 0 saturated carbocycles. The number of piperazine rings is 1. The minimum Gasteiger partial charge on any atom is -0.354 e. The zero-order valence-electron chi connectivity index (χ0n) is 15.9. The van der Waals surface area contributed by atoms with E-state index in [2.05, 4.69) is 15.2 Å². The molecule has 3 aromatic rings. The molecular weight excluding hydrogens is 494 g/mol. The number of benzene rings is 1. The molecule has 2 aromatic heterocycles. The third kappa shape index (κ3) is 5.09. The highest BCUT2D eigenvalue weighted by molar-refractivity contribution is 7.92. The number of aromatic nitrogens is 1. The van der Waals surface area contributed by atoms with Gasteiger partial charge in [0.15, 0.2) is 9.84 Å². The fraction of sp³-hybridized carbons (Fsp3) is 0.316. The fourth-order valence-corrected chi connectivity index (χ4v) is 6.46. The van der Waals surface area contributed by atoms with Crippen LogP contribution in [0.4, 0.5) is 19.0 Å². The summed E-state index contributed by atoms with van der Waals surface area (Å²) in [6.45, 7) is 3.06. The summed E-state index contributed by atoms with van der Waals surface area (Å²) in [5.74, 6) is -0.101. The van der Waals surface area contributed by atoms with E-state index in [9.17, 15) is 21.6 Å². The third-order valence-electron chi connectivity index (χ3n) is 4.84. The van der Waals surface area contributed by atoms with Gasteiger partial charge in [0, 0.05) is 47.5 Å². The molecule has 0 spiro atoms. The Labute approximate surface area is 192 Å². The van der Waals surface area contributed by atoms with E-state index in [1.165, 1.54) is 6.07 Å². The van der Waals surface area contributed by atoms with Crippen LogP contribution in [0.25, 0.3) is 10.1 Å². The van der Waals surface area contributed by atoms with Crippen molar-refractivity contribution in [2.75, 3.05) is 31.1 Å². The summed E-state index contributed by atoms with van der Waals surface area (Å²) in [7, 11) is -4.02. The molecule has 1 aromatic carbocycles. The van der Waals surface area contributed by atoms with Crippen LogP contribution in [0.3, 0.4) is 0 Å². The lowest BCUT2D eigenvalue weighted by molar-refractivity contribution is -0.138. The average Bonchev–Trinajstić information content (AvgIpc) is 3.13. The molecule has 1 N–H and O–H groups in total. The van der Waals surface area contributed by atoms with Gasteiger partial charge in [0.25, 0.3) is 0 Å². The number of anilines is 1. The number of halogens is 5. The molecule has 0 bridgehead atoms. The minimum absolute atomic E-state index is 0. The number of rotatable bonds is 4. The number of hydrogen-bond donors (Lipinski definition) is 1. The Kier molecular flexibility index (Phi) is 7.07. The summed E-state index contributed by atoms with van der Waals surface area (Å²) in [4.78, 5) is 6.48. The van der Waals surface area contributed by atoms with Crippen LogP contribution in [-0.2, 0) is 21.8 Å². The van der Waals surface area contributed by atoms with Gasteiger partial charge in [-0.25, -0.2) is 13.4 Å². The SMILES string of the molecule is Cl.O=S(=O)(Cc1cc(Cl)ccc1C(F)(F)F)c1cc2c(N3CCNCC3)nccc2s1. The van der Waals surface area contributed by atoms with Gasteiger partial charge < -0.3 is 10.2 Å². The molecule has 0 amide bonds. The number of nitrogens with one attached hydrogen (secondary N) is 1. The molecule has 1 saturated heterocycles. The first-order valence-electron chi connectivity index (χ1n) is 9.08. The maximum atomic E-state index is 13.3. The lowest BCUT2D eigenvalue weighted by Crippen LogP contribution is -2.43. The van der Waals surface area contributed by atoms with Crippen LogP contribution in [0, 0.1) is 0 Å². The molecule has 0 radical (unpaired) electrons. The molecule has 0 unspecified atom stereocenters. The first-order chi connectivity index (χ1) is 14.1. The van der Waals surface area contributed by atoms with Gasteiger partial charge in [-0.3, -0.25) is 0 Å². The van der Waals surface area contributed by atoms with Crippen molar-refractivity contribution in [3.8, 4) is 0 Å². The monoisotopic (exact) mass is 511 g/mol. The van der Waals surface area contributed by atoms with Crippen molar-refractivity contribution in [1.29, 1.82) is 0 Å². The fourth-order valence-electron chi connectivity index (χ4n) is 3.44. The number of pyridine rings is 1. The maximum Gasteiger partial charge on any atom is 0.416 e. The standard InChI is InChI=1S/C19H17ClF3N3O2S2.ClH/c20-13-1-2-15(19(21,22)23)12(9-13)11-30(27,28)17-10-14-16(29-17)3-4-25-18(14)26-7-5-24-6-8-26;/h1-4,9-10,24H,5-8,11H2;1H. The van der Waals surface area contributed by atoms with Gasteiger partial charge in [0.2, 0.25) is 0 Å². The first-order valence-corrected chi connectivity index (χ1v) is 11.9. The summed E-state index contributed by atoms with van der Waals surface area (Å²) >= 11 is 6.87. The molecular formula is C19H18Cl2F3N3O2S2. The molecule has 0 atom stereocenters. The van der Waals surface area contributed by atoms with Crippen molar-refractivity contribution < 1.29 is 21.6 Å². The quantitative estimate of drug-likeness (QED) is 0.546. The largest absolute Gasteiger partial charge is 0.416 e. The van der Waals surface area contributed by atoms with Gasteiger partial charge in [-0.2, -0.15) is 13.2 Å². The van der Waals surface area contributed by atoms with Crippen LogP contribution in [-0.4, -0.2) is 39.6 Å². The Morgan fingerprint density at radius 1 is 1.16 bits per heavy atom. The zero-order valence-corrected chi connectivity index (χ0v) is 19.2. The molecule has 0 aliphatic carbocycles. The average molecular weight is 512 g/mol. The highest BCUT2D eigenvalue weighted by atomic mass is 35.5. The summed E-state index contributed by atoms with van der Waals surface area (Å²) in [5.41, 5.74) is -1.37. The Balaban J connectivity index is 0.00000272. The second kappa shape index (κ2) is 9.11. The van der Waals surface area contributed by atoms with Crippen molar-refractivity contribution in [3.05, 3.63) is 52.7 Å². The molecule has 1 fully saturated rings. The van der Waals surface area contributed by atoms with E-state index < -0.39 is 27.3 Å².